The predicted molar refractivity (Wildman–Crippen MR) is 128 cm³/mol. The quantitative estimate of drug-likeness (QED) is 0.577. The number of aryl methyl sites for hydroxylation is 2. The highest BCUT2D eigenvalue weighted by molar-refractivity contribution is 6.33. The second kappa shape index (κ2) is 9.25. The molecule has 0 bridgehead atoms. The number of fused-ring (bicyclic) bond motifs is 1. The van der Waals surface area contributed by atoms with Crippen LogP contribution in [0.1, 0.15) is 34.1 Å². The molecular weight excluding hydrogens is 426 g/mol. The lowest BCUT2D eigenvalue weighted by molar-refractivity contribution is -0.130. The number of ether oxygens (including phenoxy) is 1. The van der Waals surface area contributed by atoms with E-state index in [1.807, 2.05) is 42.2 Å². The van der Waals surface area contributed by atoms with Crippen LogP contribution in [0.15, 0.2) is 36.4 Å². The molecule has 0 saturated carbocycles. The summed E-state index contributed by atoms with van der Waals surface area (Å²) in [5.41, 5.74) is 5.15. The van der Waals surface area contributed by atoms with Crippen molar-refractivity contribution in [3.05, 3.63) is 63.8 Å². The first-order valence-corrected chi connectivity index (χ1v) is 11.3. The fourth-order valence-electron chi connectivity index (χ4n) is 4.39. The summed E-state index contributed by atoms with van der Waals surface area (Å²) in [6.45, 7) is 8.76. The lowest BCUT2D eigenvalue weighted by atomic mass is 10.0. The minimum atomic E-state index is -0.428. The Hall–Kier alpha value is -2.99. The number of para-hydroxylation sites is 1. The lowest BCUT2D eigenvalue weighted by Crippen LogP contribution is -2.49. The summed E-state index contributed by atoms with van der Waals surface area (Å²) in [6.07, 6.45) is 0.155. The van der Waals surface area contributed by atoms with Gasteiger partial charge in [-0.05, 0) is 44.5 Å². The number of piperazine rings is 1. The maximum absolute atomic E-state index is 13.2. The summed E-state index contributed by atoms with van der Waals surface area (Å²) in [6, 6.07) is 11.8. The van der Waals surface area contributed by atoms with E-state index in [-0.39, 0.29) is 18.9 Å². The topological polar surface area (TPSA) is 65.6 Å². The molecule has 2 heterocycles. The van der Waals surface area contributed by atoms with E-state index < -0.39 is 5.97 Å². The number of esters is 1. The molecule has 1 aromatic heterocycles. The Morgan fingerprint density at radius 1 is 1.09 bits per heavy atom. The average molecular weight is 454 g/mol. The normalized spacial score (nSPS) is 14.1. The summed E-state index contributed by atoms with van der Waals surface area (Å²) >= 11 is 6.43. The smallest absolute Gasteiger partial charge is 0.355 e. The Bertz CT molecular complexity index is 1140. The van der Waals surface area contributed by atoms with Crippen molar-refractivity contribution in [3.63, 3.8) is 0 Å². The second-order valence-corrected chi connectivity index (χ2v) is 8.61. The number of carbonyl (C=O) groups excluding carboxylic acids is 2. The van der Waals surface area contributed by atoms with Gasteiger partial charge in [-0.3, -0.25) is 4.79 Å². The Kier molecular flexibility index (Phi) is 6.42. The van der Waals surface area contributed by atoms with Crippen LogP contribution in [0.4, 0.5) is 5.69 Å². The SMILES string of the molecule is CCOC(=O)c1[nH]c2ccc(C)cc2c1CC(=O)N1CCN(c2c(C)cccc2Cl)CC1. The van der Waals surface area contributed by atoms with Crippen molar-refractivity contribution in [3.8, 4) is 0 Å². The Labute approximate surface area is 193 Å². The number of hydrogen-bond acceptors (Lipinski definition) is 4. The number of H-pyrrole nitrogens is 1. The van der Waals surface area contributed by atoms with Crippen molar-refractivity contribution in [2.45, 2.75) is 27.2 Å². The van der Waals surface area contributed by atoms with Crippen LogP contribution in [0.3, 0.4) is 0 Å². The summed E-state index contributed by atoms with van der Waals surface area (Å²) in [4.78, 5) is 33.0. The second-order valence-electron chi connectivity index (χ2n) is 8.20. The molecule has 0 aliphatic carbocycles. The zero-order valence-electron chi connectivity index (χ0n) is 18.7. The molecule has 1 amide bonds. The number of nitrogens with zero attached hydrogens (tertiary/aromatic N) is 2. The van der Waals surface area contributed by atoms with Crippen molar-refractivity contribution in [2.75, 3.05) is 37.7 Å². The van der Waals surface area contributed by atoms with Gasteiger partial charge in [-0.2, -0.15) is 0 Å². The van der Waals surface area contributed by atoms with Gasteiger partial charge in [-0.1, -0.05) is 35.4 Å². The van der Waals surface area contributed by atoms with Crippen LogP contribution in [0.2, 0.25) is 5.02 Å². The van der Waals surface area contributed by atoms with E-state index in [1.54, 1.807) is 6.92 Å². The Balaban J connectivity index is 1.53. The first-order valence-electron chi connectivity index (χ1n) is 10.9. The molecule has 0 atom stereocenters. The first-order chi connectivity index (χ1) is 15.4. The molecule has 2 aromatic carbocycles. The van der Waals surface area contributed by atoms with Gasteiger partial charge in [0.2, 0.25) is 5.91 Å². The number of aromatic amines is 1. The molecule has 3 aromatic rings. The minimum Gasteiger partial charge on any atom is -0.461 e. The molecule has 1 saturated heterocycles. The van der Waals surface area contributed by atoms with E-state index in [0.717, 1.165) is 32.7 Å². The van der Waals surface area contributed by atoms with E-state index >= 15 is 0 Å². The van der Waals surface area contributed by atoms with Gasteiger partial charge in [-0.25, -0.2) is 4.79 Å². The van der Waals surface area contributed by atoms with Crippen molar-refractivity contribution in [1.29, 1.82) is 0 Å². The van der Waals surface area contributed by atoms with E-state index in [4.69, 9.17) is 16.3 Å². The van der Waals surface area contributed by atoms with Crippen LogP contribution >= 0.6 is 11.6 Å². The van der Waals surface area contributed by atoms with Crippen molar-refractivity contribution < 1.29 is 14.3 Å². The number of halogens is 1. The number of amides is 1. The van der Waals surface area contributed by atoms with Crippen LogP contribution in [0, 0.1) is 13.8 Å². The highest BCUT2D eigenvalue weighted by atomic mass is 35.5. The third-order valence-electron chi connectivity index (χ3n) is 6.01. The van der Waals surface area contributed by atoms with Crippen LogP contribution in [-0.2, 0) is 16.0 Å². The van der Waals surface area contributed by atoms with Gasteiger partial charge in [0.25, 0.3) is 0 Å². The maximum Gasteiger partial charge on any atom is 0.355 e. The Morgan fingerprint density at radius 2 is 1.84 bits per heavy atom. The van der Waals surface area contributed by atoms with E-state index in [0.29, 0.717) is 37.4 Å². The number of nitrogens with one attached hydrogen (secondary N) is 1. The van der Waals surface area contributed by atoms with Crippen molar-refractivity contribution >= 4 is 40.1 Å². The minimum absolute atomic E-state index is 0.00786. The van der Waals surface area contributed by atoms with Gasteiger partial charge >= 0.3 is 5.97 Å². The molecule has 1 aliphatic heterocycles. The first kappa shape index (κ1) is 22.2. The molecule has 1 N–H and O–H groups in total. The zero-order valence-corrected chi connectivity index (χ0v) is 19.5. The molecule has 0 unspecified atom stereocenters. The highest BCUT2D eigenvalue weighted by Gasteiger charge is 2.26. The van der Waals surface area contributed by atoms with Crippen LogP contribution in [0.5, 0.6) is 0 Å². The predicted octanol–water partition coefficient (Wildman–Crippen LogP) is 4.51. The number of hydrogen-bond donors (Lipinski definition) is 1. The highest BCUT2D eigenvalue weighted by Crippen LogP contribution is 2.30. The Morgan fingerprint density at radius 3 is 2.53 bits per heavy atom. The van der Waals surface area contributed by atoms with Gasteiger partial charge in [0.05, 0.1) is 23.7 Å². The lowest BCUT2D eigenvalue weighted by Gasteiger charge is -2.37. The molecule has 0 spiro atoms. The van der Waals surface area contributed by atoms with E-state index in [1.165, 1.54) is 0 Å². The maximum atomic E-state index is 13.2. The summed E-state index contributed by atoms with van der Waals surface area (Å²) in [7, 11) is 0. The van der Waals surface area contributed by atoms with Gasteiger partial charge in [0.1, 0.15) is 5.69 Å². The van der Waals surface area contributed by atoms with Crippen molar-refractivity contribution in [2.24, 2.45) is 0 Å². The van der Waals surface area contributed by atoms with Gasteiger partial charge in [-0.15, -0.1) is 0 Å². The van der Waals surface area contributed by atoms with Gasteiger partial charge < -0.3 is 19.5 Å². The third-order valence-corrected chi connectivity index (χ3v) is 6.31. The molecule has 4 rings (SSSR count). The molecule has 1 fully saturated rings. The molecular formula is C25H28ClN3O3. The van der Waals surface area contributed by atoms with Gasteiger partial charge in [0, 0.05) is 42.6 Å². The molecule has 32 heavy (non-hydrogen) atoms. The van der Waals surface area contributed by atoms with Crippen molar-refractivity contribution in [1.82, 2.24) is 9.88 Å². The monoisotopic (exact) mass is 453 g/mol. The zero-order chi connectivity index (χ0) is 22.8. The largest absolute Gasteiger partial charge is 0.461 e. The third kappa shape index (κ3) is 4.32. The molecule has 0 radical (unpaired) electrons. The van der Waals surface area contributed by atoms with Crippen LogP contribution in [-0.4, -0.2) is 54.5 Å². The number of benzene rings is 2. The van der Waals surface area contributed by atoms with E-state index in [9.17, 15) is 9.59 Å². The fourth-order valence-corrected chi connectivity index (χ4v) is 4.73. The summed E-state index contributed by atoms with van der Waals surface area (Å²) in [5.74, 6) is -0.420. The molecule has 7 heteroatoms. The van der Waals surface area contributed by atoms with Gasteiger partial charge in [0.15, 0.2) is 0 Å². The van der Waals surface area contributed by atoms with E-state index in [2.05, 4.69) is 22.9 Å². The van der Waals surface area contributed by atoms with Crippen LogP contribution < -0.4 is 4.90 Å². The number of anilines is 1. The molecule has 168 valence electrons. The molecule has 6 nitrogen and oxygen atoms in total. The fraction of sp³-hybridized carbons (Fsp3) is 0.360. The number of rotatable bonds is 5. The summed E-state index contributed by atoms with van der Waals surface area (Å²) in [5, 5.41) is 1.63. The average Bonchev–Trinajstić information content (AvgIpc) is 3.12. The number of carbonyl (C=O) groups is 2. The standard InChI is InChI=1S/C25H28ClN3O3/c1-4-32-25(31)23-19(18-14-16(2)8-9-21(18)27-23)15-22(30)28-10-12-29(13-11-28)24-17(3)6-5-7-20(24)26/h5-9,14,27H,4,10-13,15H2,1-3H3. The number of aromatic nitrogens is 1. The van der Waals surface area contributed by atoms with Crippen LogP contribution in [0.25, 0.3) is 10.9 Å². The molecule has 1 aliphatic rings. The summed E-state index contributed by atoms with van der Waals surface area (Å²) < 4.78 is 5.23.